The monoisotopic (exact) mass is 358 g/mol. The number of fused-ring (bicyclic) bond motifs is 1. The van der Waals surface area contributed by atoms with Crippen LogP contribution in [-0.2, 0) is 13.6 Å². The molecule has 1 heterocycles. The molecule has 0 bridgehead atoms. The molecule has 5 nitrogen and oxygen atoms in total. The van der Waals surface area contributed by atoms with Crippen molar-refractivity contribution in [1.82, 2.24) is 9.88 Å². The molecule has 3 rings (SSSR count). The number of nitrogens with one attached hydrogen (secondary N) is 1. The molecule has 1 N–H and O–H groups in total. The lowest BCUT2D eigenvalue weighted by Crippen LogP contribution is -2.25. The number of halogens is 1. The van der Waals surface area contributed by atoms with E-state index < -0.39 is 0 Å². The number of methoxy groups -OCH3 is 2. The SMILES string of the molecule is COc1ccc(CNC(=O)c2c(Cl)c3ccccc3n2C)cc1OC. The second-order valence-corrected chi connectivity index (χ2v) is 5.99. The van der Waals surface area contributed by atoms with Gasteiger partial charge in [-0.25, -0.2) is 0 Å². The first kappa shape index (κ1) is 17.2. The molecule has 0 unspecified atom stereocenters. The zero-order valence-electron chi connectivity index (χ0n) is 14.3. The number of nitrogens with zero attached hydrogens (tertiary/aromatic N) is 1. The Morgan fingerprint density at radius 1 is 1.12 bits per heavy atom. The molecule has 0 aliphatic carbocycles. The van der Waals surface area contributed by atoms with E-state index in [1.165, 1.54) is 0 Å². The maximum Gasteiger partial charge on any atom is 0.269 e. The summed E-state index contributed by atoms with van der Waals surface area (Å²) >= 11 is 6.41. The van der Waals surface area contributed by atoms with Crippen LogP contribution in [-0.4, -0.2) is 24.7 Å². The zero-order chi connectivity index (χ0) is 18.0. The number of aryl methyl sites for hydroxylation is 1. The minimum Gasteiger partial charge on any atom is -0.493 e. The second kappa shape index (κ2) is 7.07. The molecule has 1 aromatic heterocycles. The van der Waals surface area contributed by atoms with Gasteiger partial charge in [0.15, 0.2) is 11.5 Å². The van der Waals surface area contributed by atoms with Crippen LogP contribution in [0.25, 0.3) is 10.9 Å². The highest BCUT2D eigenvalue weighted by molar-refractivity contribution is 6.38. The highest BCUT2D eigenvalue weighted by Gasteiger charge is 2.19. The summed E-state index contributed by atoms with van der Waals surface area (Å²) in [5.41, 5.74) is 2.27. The molecular weight excluding hydrogens is 340 g/mol. The predicted molar refractivity (Wildman–Crippen MR) is 98.6 cm³/mol. The molecular formula is C19H19ClN2O3. The minimum absolute atomic E-state index is 0.224. The first-order chi connectivity index (χ1) is 12.1. The molecule has 0 aliphatic rings. The molecule has 2 aromatic carbocycles. The summed E-state index contributed by atoms with van der Waals surface area (Å²) < 4.78 is 12.3. The van der Waals surface area contributed by atoms with Crippen molar-refractivity contribution in [1.29, 1.82) is 0 Å². The third-order valence-corrected chi connectivity index (χ3v) is 4.54. The van der Waals surface area contributed by atoms with E-state index in [-0.39, 0.29) is 5.91 Å². The van der Waals surface area contributed by atoms with Gasteiger partial charge in [0, 0.05) is 24.5 Å². The van der Waals surface area contributed by atoms with Crippen molar-refractivity contribution in [3.8, 4) is 11.5 Å². The number of rotatable bonds is 5. The minimum atomic E-state index is -0.224. The van der Waals surface area contributed by atoms with E-state index in [2.05, 4.69) is 5.32 Å². The number of carbonyl (C=O) groups is 1. The smallest absolute Gasteiger partial charge is 0.269 e. The van der Waals surface area contributed by atoms with Gasteiger partial charge in [-0.1, -0.05) is 35.9 Å². The van der Waals surface area contributed by atoms with E-state index in [0.29, 0.717) is 28.8 Å². The number of ether oxygens (including phenoxy) is 2. The summed E-state index contributed by atoms with van der Waals surface area (Å²) in [5, 5.41) is 4.23. The van der Waals surface area contributed by atoms with Crippen LogP contribution in [0.1, 0.15) is 16.1 Å². The van der Waals surface area contributed by atoms with E-state index in [1.54, 1.807) is 14.2 Å². The van der Waals surface area contributed by atoms with E-state index in [1.807, 2.05) is 54.1 Å². The van der Waals surface area contributed by atoms with Crippen molar-refractivity contribution in [2.24, 2.45) is 7.05 Å². The molecule has 0 radical (unpaired) electrons. The Bertz CT molecular complexity index is 895. The summed E-state index contributed by atoms with van der Waals surface area (Å²) in [7, 11) is 5.00. The van der Waals surface area contributed by atoms with Gasteiger partial charge in [-0.3, -0.25) is 4.79 Å². The van der Waals surface area contributed by atoms with Crippen LogP contribution in [0.4, 0.5) is 0 Å². The Balaban J connectivity index is 1.82. The van der Waals surface area contributed by atoms with Crippen LogP contribution in [0, 0.1) is 0 Å². The quantitative estimate of drug-likeness (QED) is 0.755. The maximum atomic E-state index is 12.6. The van der Waals surface area contributed by atoms with Crippen LogP contribution in [0.15, 0.2) is 42.5 Å². The predicted octanol–water partition coefficient (Wildman–Crippen LogP) is 3.78. The van der Waals surface area contributed by atoms with Crippen molar-refractivity contribution in [2.75, 3.05) is 14.2 Å². The molecule has 6 heteroatoms. The van der Waals surface area contributed by atoms with Crippen LogP contribution in [0.2, 0.25) is 5.02 Å². The first-order valence-electron chi connectivity index (χ1n) is 7.78. The zero-order valence-corrected chi connectivity index (χ0v) is 15.1. The van der Waals surface area contributed by atoms with E-state index in [9.17, 15) is 4.79 Å². The molecule has 25 heavy (non-hydrogen) atoms. The fourth-order valence-electron chi connectivity index (χ4n) is 2.86. The normalized spacial score (nSPS) is 10.7. The largest absolute Gasteiger partial charge is 0.493 e. The lowest BCUT2D eigenvalue weighted by molar-refractivity contribution is 0.0943. The van der Waals surface area contributed by atoms with Gasteiger partial charge in [-0.15, -0.1) is 0 Å². The van der Waals surface area contributed by atoms with Crippen LogP contribution < -0.4 is 14.8 Å². The Morgan fingerprint density at radius 2 is 1.84 bits per heavy atom. The number of amides is 1. The van der Waals surface area contributed by atoms with Crippen molar-refractivity contribution >= 4 is 28.4 Å². The molecule has 1 amide bonds. The average molecular weight is 359 g/mol. The fourth-order valence-corrected chi connectivity index (χ4v) is 3.23. The highest BCUT2D eigenvalue weighted by Crippen LogP contribution is 2.30. The van der Waals surface area contributed by atoms with Crippen molar-refractivity contribution in [3.63, 3.8) is 0 Å². The van der Waals surface area contributed by atoms with Gasteiger partial charge >= 0.3 is 0 Å². The van der Waals surface area contributed by atoms with Gasteiger partial charge in [0.1, 0.15) is 5.69 Å². The lowest BCUT2D eigenvalue weighted by atomic mass is 10.2. The summed E-state index contributed by atoms with van der Waals surface area (Å²) in [4.78, 5) is 12.6. The molecule has 0 saturated carbocycles. The molecule has 0 saturated heterocycles. The Hall–Kier alpha value is -2.66. The van der Waals surface area contributed by atoms with Crippen LogP contribution in [0.3, 0.4) is 0 Å². The number of aromatic nitrogens is 1. The third-order valence-electron chi connectivity index (χ3n) is 4.16. The van der Waals surface area contributed by atoms with Gasteiger partial charge in [0.05, 0.1) is 19.2 Å². The average Bonchev–Trinajstić information content (AvgIpc) is 2.90. The summed E-state index contributed by atoms with van der Waals surface area (Å²) in [6.45, 7) is 0.358. The number of hydrogen-bond donors (Lipinski definition) is 1. The van der Waals surface area contributed by atoms with E-state index in [4.69, 9.17) is 21.1 Å². The maximum absolute atomic E-state index is 12.6. The molecule has 3 aromatic rings. The van der Waals surface area contributed by atoms with Gasteiger partial charge in [-0.05, 0) is 23.8 Å². The second-order valence-electron chi connectivity index (χ2n) is 5.61. The third kappa shape index (κ3) is 3.15. The van der Waals surface area contributed by atoms with Crippen molar-refractivity contribution in [3.05, 3.63) is 58.7 Å². The van der Waals surface area contributed by atoms with Gasteiger partial charge in [0.25, 0.3) is 5.91 Å². The van der Waals surface area contributed by atoms with Gasteiger partial charge < -0.3 is 19.4 Å². The molecule has 0 aliphatic heterocycles. The van der Waals surface area contributed by atoms with Gasteiger partial charge in [0.2, 0.25) is 0 Å². The topological polar surface area (TPSA) is 52.5 Å². The summed E-state index contributed by atoms with van der Waals surface area (Å²) in [5.74, 6) is 1.05. The Morgan fingerprint density at radius 3 is 2.52 bits per heavy atom. The molecule has 0 atom stereocenters. The molecule has 0 spiro atoms. The van der Waals surface area contributed by atoms with Crippen LogP contribution in [0.5, 0.6) is 11.5 Å². The Kier molecular flexibility index (Phi) is 4.86. The lowest BCUT2D eigenvalue weighted by Gasteiger charge is -2.11. The van der Waals surface area contributed by atoms with E-state index in [0.717, 1.165) is 16.5 Å². The van der Waals surface area contributed by atoms with Crippen molar-refractivity contribution in [2.45, 2.75) is 6.54 Å². The van der Waals surface area contributed by atoms with Crippen LogP contribution >= 0.6 is 11.6 Å². The molecule has 130 valence electrons. The number of para-hydroxylation sites is 1. The fraction of sp³-hybridized carbons (Fsp3) is 0.211. The number of carbonyl (C=O) groups excluding carboxylic acids is 1. The van der Waals surface area contributed by atoms with E-state index >= 15 is 0 Å². The number of hydrogen-bond acceptors (Lipinski definition) is 3. The standard InChI is InChI=1S/C19H19ClN2O3/c1-22-14-7-5-4-6-13(14)17(20)18(22)19(23)21-11-12-8-9-15(24-2)16(10-12)25-3/h4-10H,11H2,1-3H3,(H,21,23). The van der Waals surface area contributed by atoms with Crippen molar-refractivity contribution < 1.29 is 14.3 Å². The summed E-state index contributed by atoms with van der Waals surface area (Å²) in [6.07, 6.45) is 0. The molecule has 0 fully saturated rings. The summed E-state index contributed by atoms with van der Waals surface area (Å²) in [6, 6.07) is 13.2. The highest BCUT2D eigenvalue weighted by atomic mass is 35.5. The number of benzene rings is 2. The Labute approximate surface area is 151 Å². The first-order valence-corrected chi connectivity index (χ1v) is 8.16. The van der Waals surface area contributed by atoms with Gasteiger partial charge in [-0.2, -0.15) is 0 Å².